The molecule has 1 aromatic carbocycles. The van der Waals surface area contributed by atoms with Crippen LogP contribution in [0, 0.1) is 5.92 Å². The van der Waals surface area contributed by atoms with E-state index in [1.807, 2.05) is 24.3 Å². The van der Waals surface area contributed by atoms with E-state index in [0.717, 1.165) is 17.9 Å². The van der Waals surface area contributed by atoms with Gasteiger partial charge in [0.15, 0.2) is 5.96 Å². The Morgan fingerprint density at radius 2 is 1.96 bits per heavy atom. The van der Waals surface area contributed by atoms with Crippen molar-refractivity contribution >= 4 is 40.0 Å². The highest BCUT2D eigenvalue weighted by molar-refractivity contribution is 14.0. The predicted octanol–water partition coefficient (Wildman–Crippen LogP) is 1.70. The second-order valence-corrected chi connectivity index (χ2v) is 8.11. The molecule has 2 rings (SSSR count). The van der Waals surface area contributed by atoms with E-state index in [2.05, 4.69) is 20.3 Å². The fourth-order valence-corrected chi connectivity index (χ4v) is 2.79. The maximum Gasteiger partial charge on any atom is 0.211 e. The van der Waals surface area contributed by atoms with Gasteiger partial charge >= 0.3 is 0 Å². The van der Waals surface area contributed by atoms with E-state index < -0.39 is 10.0 Å². The van der Waals surface area contributed by atoms with E-state index in [1.54, 1.807) is 14.0 Å². The zero-order valence-electron chi connectivity index (χ0n) is 15.3. The van der Waals surface area contributed by atoms with Crippen LogP contribution >= 0.6 is 24.0 Å². The van der Waals surface area contributed by atoms with Crippen LogP contribution in [-0.4, -0.2) is 46.9 Å². The third-order valence-electron chi connectivity index (χ3n) is 3.93. The van der Waals surface area contributed by atoms with Crippen LogP contribution in [0.2, 0.25) is 0 Å². The number of guanidine groups is 1. The van der Waals surface area contributed by atoms with Gasteiger partial charge in [0.05, 0.1) is 12.4 Å². The average molecular weight is 496 g/mol. The molecule has 0 bridgehead atoms. The molecule has 9 heteroatoms. The summed E-state index contributed by atoms with van der Waals surface area (Å²) in [6.07, 6.45) is 2.53. The van der Waals surface area contributed by atoms with Crippen LogP contribution in [-0.2, 0) is 16.6 Å². The van der Waals surface area contributed by atoms with Crippen molar-refractivity contribution in [1.29, 1.82) is 0 Å². The van der Waals surface area contributed by atoms with Gasteiger partial charge in [0.1, 0.15) is 5.75 Å². The molecule has 26 heavy (non-hydrogen) atoms. The summed E-state index contributed by atoms with van der Waals surface area (Å²) in [6, 6.07) is 7.96. The lowest BCUT2D eigenvalue weighted by molar-refractivity contribution is 0.296. The number of halogens is 1. The van der Waals surface area contributed by atoms with E-state index in [9.17, 15) is 8.42 Å². The summed E-state index contributed by atoms with van der Waals surface area (Å²) in [7, 11) is -1.48. The van der Waals surface area contributed by atoms with Crippen LogP contribution in [0.25, 0.3) is 0 Å². The van der Waals surface area contributed by atoms with Crippen LogP contribution in [0.5, 0.6) is 5.75 Å². The highest BCUT2D eigenvalue weighted by atomic mass is 127. The van der Waals surface area contributed by atoms with Crippen molar-refractivity contribution < 1.29 is 13.2 Å². The van der Waals surface area contributed by atoms with E-state index >= 15 is 0 Å². The van der Waals surface area contributed by atoms with E-state index in [0.29, 0.717) is 31.5 Å². The number of hydrogen-bond acceptors (Lipinski definition) is 4. The molecule has 3 N–H and O–H groups in total. The summed E-state index contributed by atoms with van der Waals surface area (Å²) in [5.41, 5.74) is 1.07. The van der Waals surface area contributed by atoms with Crippen molar-refractivity contribution in [3.63, 3.8) is 0 Å². The van der Waals surface area contributed by atoms with Gasteiger partial charge < -0.3 is 15.4 Å². The van der Waals surface area contributed by atoms with Crippen molar-refractivity contribution in [3.05, 3.63) is 29.8 Å². The molecule has 0 spiro atoms. The van der Waals surface area contributed by atoms with Crippen molar-refractivity contribution in [2.75, 3.05) is 32.5 Å². The maximum atomic E-state index is 11.4. The van der Waals surface area contributed by atoms with Crippen molar-refractivity contribution in [2.45, 2.75) is 26.3 Å². The summed E-state index contributed by atoms with van der Waals surface area (Å²) in [5, 5.41) is 6.31. The molecule has 0 unspecified atom stereocenters. The molecule has 0 saturated heterocycles. The Hall–Kier alpha value is -1.07. The van der Waals surface area contributed by atoms with Crippen molar-refractivity contribution in [2.24, 2.45) is 10.9 Å². The lowest BCUT2D eigenvalue weighted by Crippen LogP contribution is -2.41. The predicted molar refractivity (Wildman–Crippen MR) is 116 cm³/mol. The van der Waals surface area contributed by atoms with E-state index in [-0.39, 0.29) is 29.7 Å². The summed E-state index contributed by atoms with van der Waals surface area (Å²) < 4.78 is 31.2. The van der Waals surface area contributed by atoms with Gasteiger partial charge in [-0.05, 0) is 31.7 Å². The fraction of sp³-hybridized carbons (Fsp3) is 0.588. The smallest absolute Gasteiger partial charge is 0.211 e. The van der Waals surface area contributed by atoms with Crippen molar-refractivity contribution in [3.8, 4) is 5.75 Å². The fourth-order valence-electron chi connectivity index (χ4n) is 2.17. The van der Waals surface area contributed by atoms with Gasteiger partial charge in [-0.25, -0.2) is 13.1 Å². The SMILES string of the molecule is CCS(=O)(=O)NCCNC(=NC)NCc1ccccc1OCC1CC1.I. The van der Waals surface area contributed by atoms with Crippen LogP contribution in [0.15, 0.2) is 29.3 Å². The first-order chi connectivity index (χ1) is 12.0. The minimum Gasteiger partial charge on any atom is -0.493 e. The Bertz CT molecular complexity index is 678. The molecule has 1 saturated carbocycles. The van der Waals surface area contributed by atoms with Gasteiger partial charge in [-0.15, -0.1) is 24.0 Å². The van der Waals surface area contributed by atoms with Gasteiger partial charge in [0.25, 0.3) is 0 Å². The van der Waals surface area contributed by atoms with Crippen molar-refractivity contribution in [1.82, 2.24) is 15.4 Å². The Labute approximate surface area is 173 Å². The summed E-state index contributed by atoms with van der Waals surface area (Å²) in [4.78, 5) is 4.15. The third-order valence-corrected chi connectivity index (χ3v) is 5.34. The second kappa shape index (κ2) is 11.6. The Morgan fingerprint density at radius 3 is 2.62 bits per heavy atom. The molecule has 0 amide bonds. The molecule has 1 fully saturated rings. The number of sulfonamides is 1. The first-order valence-electron chi connectivity index (χ1n) is 8.66. The van der Waals surface area contributed by atoms with Crippen LogP contribution in [0.4, 0.5) is 0 Å². The Balaban J connectivity index is 0.00000338. The minimum absolute atomic E-state index is 0. The minimum atomic E-state index is -3.16. The van der Waals surface area contributed by atoms with Gasteiger partial charge in [-0.3, -0.25) is 4.99 Å². The Morgan fingerprint density at radius 1 is 1.23 bits per heavy atom. The topological polar surface area (TPSA) is 91.8 Å². The van der Waals surface area contributed by atoms with Gasteiger partial charge in [-0.2, -0.15) is 0 Å². The quantitative estimate of drug-likeness (QED) is 0.199. The number of benzene rings is 1. The third kappa shape index (κ3) is 8.54. The highest BCUT2D eigenvalue weighted by Crippen LogP contribution is 2.30. The number of rotatable bonds is 10. The first-order valence-corrected chi connectivity index (χ1v) is 10.3. The largest absolute Gasteiger partial charge is 0.493 e. The van der Waals surface area contributed by atoms with Crippen LogP contribution in [0.1, 0.15) is 25.3 Å². The molecule has 1 aromatic rings. The number of nitrogens with one attached hydrogen (secondary N) is 3. The number of nitrogens with zero attached hydrogens (tertiary/aromatic N) is 1. The molecule has 148 valence electrons. The number of hydrogen-bond donors (Lipinski definition) is 3. The Kier molecular flexibility index (Phi) is 10.3. The first kappa shape index (κ1) is 23.0. The molecule has 7 nitrogen and oxygen atoms in total. The summed E-state index contributed by atoms with van der Waals surface area (Å²) >= 11 is 0. The molecule has 1 aliphatic rings. The molecular formula is C17H29IN4O3S. The molecule has 0 atom stereocenters. The highest BCUT2D eigenvalue weighted by Gasteiger charge is 2.22. The summed E-state index contributed by atoms with van der Waals surface area (Å²) in [5.74, 6) is 2.31. The summed E-state index contributed by atoms with van der Waals surface area (Å²) in [6.45, 7) is 3.75. The molecule has 0 aromatic heterocycles. The monoisotopic (exact) mass is 496 g/mol. The molecule has 1 aliphatic carbocycles. The lowest BCUT2D eigenvalue weighted by Gasteiger charge is -2.15. The zero-order valence-corrected chi connectivity index (χ0v) is 18.5. The molecule has 0 heterocycles. The number of ether oxygens (including phenoxy) is 1. The van der Waals surface area contributed by atoms with Gasteiger partial charge in [0, 0.05) is 32.2 Å². The maximum absolute atomic E-state index is 11.4. The molecule has 0 aliphatic heterocycles. The average Bonchev–Trinajstić information content (AvgIpc) is 3.44. The lowest BCUT2D eigenvalue weighted by atomic mass is 10.2. The van der Waals surface area contributed by atoms with E-state index in [4.69, 9.17) is 4.74 Å². The van der Waals surface area contributed by atoms with Crippen LogP contribution < -0.4 is 20.1 Å². The molecule has 0 radical (unpaired) electrons. The number of aliphatic imine (C=N–C) groups is 1. The standard InChI is InChI=1S/C17H28N4O3S.HI/c1-3-25(22,23)21-11-10-19-17(18-2)20-12-15-6-4-5-7-16(15)24-13-14-8-9-14;/h4-7,14,21H,3,8-13H2,1-2H3,(H2,18,19,20);1H. The van der Waals surface area contributed by atoms with E-state index in [1.165, 1.54) is 12.8 Å². The molecular weight excluding hydrogens is 467 g/mol. The van der Waals surface area contributed by atoms with Gasteiger partial charge in [-0.1, -0.05) is 18.2 Å². The van der Waals surface area contributed by atoms with Crippen LogP contribution in [0.3, 0.4) is 0 Å². The van der Waals surface area contributed by atoms with Gasteiger partial charge in [0.2, 0.25) is 10.0 Å². The number of para-hydroxylation sites is 1. The zero-order chi connectivity index (χ0) is 18.1. The second-order valence-electron chi connectivity index (χ2n) is 6.01. The normalized spacial score (nSPS) is 14.5.